The molecule has 2 heterocycles. The molecule has 0 spiro atoms. The number of aryl methyl sites for hydroxylation is 1. The van der Waals surface area contributed by atoms with Crippen LogP contribution in [0.5, 0.6) is 11.5 Å². The second-order valence-electron chi connectivity index (χ2n) is 9.67. The molecule has 1 aromatic heterocycles. The van der Waals surface area contributed by atoms with Crippen LogP contribution in [0.4, 0.5) is 0 Å². The van der Waals surface area contributed by atoms with Crippen molar-refractivity contribution in [2.24, 2.45) is 0 Å². The summed E-state index contributed by atoms with van der Waals surface area (Å²) >= 11 is 0. The monoisotopic (exact) mass is 473 g/mol. The number of hydrogen-bond acceptors (Lipinski definition) is 5. The lowest BCUT2D eigenvalue weighted by molar-refractivity contribution is 0.0550. The van der Waals surface area contributed by atoms with Gasteiger partial charge in [-0.1, -0.05) is 18.7 Å². The first-order valence-electron chi connectivity index (χ1n) is 11.9. The summed E-state index contributed by atoms with van der Waals surface area (Å²) in [6, 6.07) is 11.8. The third-order valence-corrected chi connectivity index (χ3v) is 8.35. The van der Waals surface area contributed by atoms with Gasteiger partial charge in [0.2, 0.25) is 0 Å². The fourth-order valence-corrected chi connectivity index (χ4v) is 6.11. The van der Waals surface area contributed by atoms with Crippen molar-refractivity contribution in [1.29, 1.82) is 0 Å². The van der Waals surface area contributed by atoms with Gasteiger partial charge in [0.05, 0.1) is 27.0 Å². The highest BCUT2D eigenvalue weighted by molar-refractivity contribution is 6.11. The number of rotatable bonds is 7. The average molecular weight is 474 g/mol. The molecule has 176 valence electrons. The highest BCUT2D eigenvalue weighted by Crippen LogP contribution is 2.48. The Labute approximate surface area is 203 Å². The van der Waals surface area contributed by atoms with Crippen molar-refractivity contribution in [3.63, 3.8) is 0 Å². The SMILES string of the molecule is C=Cc1cc(C2(NC(=O)c3cc(OC([SiH3])[C@@H]4CCN4C)c(O)cc3C)CC2)c2cccnc2c1. The van der Waals surface area contributed by atoms with Gasteiger partial charge in [-0.25, -0.2) is 0 Å². The number of pyridine rings is 1. The molecule has 0 bridgehead atoms. The standard InChI is InChI=1S/C27H31N3O3Si/c1-4-17-13-20(18-6-5-10-28-21(18)14-17)27(8-9-27)29-25(32)19-15-24(23(31)12-16(19)2)33-26(34)22-7-11-30(22)3/h4-6,10,12-15,22,26,31H,1,7-9,11H2,2-3,34H3,(H,29,32)/t22-,26?/m0/s1. The van der Waals surface area contributed by atoms with Crippen LogP contribution in [-0.4, -0.2) is 56.5 Å². The molecule has 2 aromatic carbocycles. The van der Waals surface area contributed by atoms with Crippen molar-refractivity contribution in [2.45, 2.75) is 43.5 Å². The fourth-order valence-electron chi connectivity index (χ4n) is 5.01. The lowest BCUT2D eigenvalue weighted by atomic mass is 9.95. The largest absolute Gasteiger partial charge is 0.504 e. The number of likely N-dealkylation sites (N-methyl/N-ethyl adjacent to an activating group) is 1. The van der Waals surface area contributed by atoms with Crippen LogP contribution in [0.3, 0.4) is 0 Å². The van der Waals surface area contributed by atoms with Crippen molar-refractivity contribution in [1.82, 2.24) is 15.2 Å². The van der Waals surface area contributed by atoms with Crippen molar-refractivity contribution < 1.29 is 14.6 Å². The molecule has 2 fully saturated rings. The van der Waals surface area contributed by atoms with Gasteiger partial charge in [0, 0.05) is 23.2 Å². The lowest BCUT2D eigenvalue weighted by Crippen LogP contribution is -2.53. The van der Waals surface area contributed by atoms with Crippen molar-refractivity contribution in [3.05, 3.63) is 71.4 Å². The molecule has 3 aromatic rings. The third kappa shape index (κ3) is 3.99. The van der Waals surface area contributed by atoms with Gasteiger partial charge in [0.15, 0.2) is 11.5 Å². The second kappa shape index (κ2) is 8.56. The number of carbonyl (C=O) groups excluding carboxylic acids is 1. The Balaban J connectivity index is 1.44. The van der Waals surface area contributed by atoms with Gasteiger partial charge < -0.3 is 20.1 Å². The molecule has 6 nitrogen and oxygen atoms in total. The number of aromatic hydroxyl groups is 1. The Morgan fingerprint density at radius 3 is 2.82 bits per heavy atom. The van der Waals surface area contributed by atoms with Crippen LogP contribution in [0.15, 0.2) is 49.2 Å². The first kappa shape index (κ1) is 22.6. The molecule has 1 aliphatic carbocycles. The summed E-state index contributed by atoms with van der Waals surface area (Å²) in [6.45, 7) is 6.83. The van der Waals surface area contributed by atoms with Gasteiger partial charge in [-0.2, -0.15) is 0 Å². The summed E-state index contributed by atoms with van der Waals surface area (Å²) in [6.07, 6.45) is 6.41. The number of ether oxygens (including phenoxy) is 1. The van der Waals surface area contributed by atoms with Gasteiger partial charge in [-0.05, 0) is 86.8 Å². The Bertz CT molecular complexity index is 1290. The number of fused-ring (bicyclic) bond motifs is 1. The van der Waals surface area contributed by atoms with Crippen molar-refractivity contribution in [2.75, 3.05) is 13.6 Å². The van der Waals surface area contributed by atoms with Gasteiger partial charge in [-0.15, -0.1) is 0 Å². The molecular formula is C27H31N3O3Si. The molecule has 7 heteroatoms. The lowest BCUT2D eigenvalue weighted by Gasteiger charge is -2.41. The topological polar surface area (TPSA) is 74.7 Å². The highest BCUT2D eigenvalue weighted by atomic mass is 28.1. The fraction of sp³-hybridized carbons (Fsp3) is 0.333. The Morgan fingerprint density at radius 2 is 2.18 bits per heavy atom. The van der Waals surface area contributed by atoms with E-state index in [0.29, 0.717) is 17.4 Å². The molecule has 1 saturated heterocycles. The maximum atomic E-state index is 13.5. The van der Waals surface area contributed by atoms with Gasteiger partial charge in [-0.3, -0.25) is 9.78 Å². The minimum absolute atomic E-state index is 0.0542. The zero-order valence-electron chi connectivity index (χ0n) is 20.0. The van der Waals surface area contributed by atoms with E-state index in [4.69, 9.17) is 4.74 Å². The van der Waals surface area contributed by atoms with Crippen LogP contribution in [-0.2, 0) is 5.54 Å². The number of phenolic OH excluding ortho intramolecular Hbond substituents is 1. The predicted molar refractivity (Wildman–Crippen MR) is 138 cm³/mol. The highest BCUT2D eigenvalue weighted by Gasteiger charge is 2.47. The van der Waals surface area contributed by atoms with Crippen LogP contribution in [0, 0.1) is 6.92 Å². The van der Waals surface area contributed by atoms with Gasteiger partial charge >= 0.3 is 0 Å². The average Bonchev–Trinajstić information content (AvgIpc) is 3.59. The van der Waals surface area contributed by atoms with Crippen LogP contribution < -0.4 is 10.1 Å². The molecule has 2 N–H and O–H groups in total. The van der Waals surface area contributed by atoms with E-state index in [-0.39, 0.29) is 17.4 Å². The summed E-state index contributed by atoms with van der Waals surface area (Å²) in [5.41, 5.74) is 3.81. The van der Waals surface area contributed by atoms with E-state index >= 15 is 0 Å². The quantitative estimate of drug-likeness (QED) is 0.516. The van der Waals surface area contributed by atoms with E-state index in [9.17, 15) is 9.90 Å². The third-order valence-electron chi connectivity index (χ3n) is 7.35. The van der Waals surface area contributed by atoms with Crippen LogP contribution >= 0.6 is 0 Å². The van der Waals surface area contributed by atoms with Crippen LogP contribution in [0.25, 0.3) is 17.0 Å². The maximum Gasteiger partial charge on any atom is 0.252 e. The number of likely N-dealkylation sites (tertiary alicyclic amines) is 1. The molecule has 1 amide bonds. The maximum absolute atomic E-state index is 13.5. The number of nitrogens with one attached hydrogen (secondary N) is 1. The van der Waals surface area contributed by atoms with Gasteiger partial charge in [0.1, 0.15) is 0 Å². The Hall–Kier alpha value is -3.16. The molecule has 1 saturated carbocycles. The molecular weight excluding hydrogens is 442 g/mol. The predicted octanol–water partition coefficient (Wildman–Crippen LogP) is 3.09. The van der Waals surface area contributed by atoms with E-state index in [0.717, 1.165) is 63.6 Å². The summed E-state index contributed by atoms with van der Waals surface area (Å²) in [7, 11) is 2.92. The van der Waals surface area contributed by atoms with Crippen molar-refractivity contribution >= 4 is 33.1 Å². The molecule has 1 unspecified atom stereocenters. The van der Waals surface area contributed by atoms with E-state index in [1.165, 1.54) is 0 Å². The van der Waals surface area contributed by atoms with Crippen LogP contribution in [0.1, 0.15) is 46.3 Å². The zero-order chi connectivity index (χ0) is 24.0. The minimum Gasteiger partial charge on any atom is -0.504 e. The summed E-state index contributed by atoms with van der Waals surface area (Å²) in [4.78, 5) is 20.3. The molecule has 34 heavy (non-hydrogen) atoms. The smallest absolute Gasteiger partial charge is 0.252 e. The summed E-state index contributed by atoms with van der Waals surface area (Å²) in [5, 5.41) is 14.9. The van der Waals surface area contributed by atoms with E-state index in [1.54, 1.807) is 18.3 Å². The van der Waals surface area contributed by atoms with Crippen LogP contribution in [0.2, 0.25) is 0 Å². The molecule has 2 aliphatic rings. The zero-order valence-corrected chi connectivity index (χ0v) is 22.0. The first-order chi connectivity index (χ1) is 16.3. The van der Waals surface area contributed by atoms with E-state index < -0.39 is 5.54 Å². The summed E-state index contributed by atoms with van der Waals surface area (Å²) < 4.78 is 6.15. The minimum atomic E-state index is -0.433. The molecule has 2 atom stereocenters. The van der Waals surface area contributed by atoms with E-state index in [2.05, 4.69) is 41.0 Å². The Kier molecular flexibility index (Phi) is 5.70. The number of nitrogens with zero attached hydrogens (tertiary/aromatic N) is 2. The second-order valence-corrected chi connectivity index (χ2v) is 10.8. The number of phenols is 1. The molecule has 1 aliphatic heterocycles. The number of benzene rings is 2. The normalized spacial score (nSPS) is 19.9. The molecule has 0 radical (unpaired) electrons. The molecule has 5 rings (SSSR count). The number of aromatic nitrogens is 1. The van der Waals surface area contributed by atoms with Gasteiger partial charge in [0.25, 0.3) is 5.91 Å². The Morgan fingerprint density at radius 1 is 1.38 bits per heavy atom. The van der Waals surface area contributed by atoms with E-state index in [1.807, 2.05) is 25.1 Å². The van der Waals surface area contributed by atoms with Crippen molar-refractivity contribution in [3.8, 4) is 11.5 Å². The number of carbonyl (C=O) groups is 1. The first-order valence-corrected chi connectivity index (χ1v) is 13.0. The number of hydrogen-bond donors (Lipinski definition) is 2. The number of amides is 1. The summed E-state index contributed by atoms with van der Waals surface area (Å²) in [5.74, 6) is 0.296.